The second-order valence-electron chi connectivity index (χ2n) is 10.0. The van der Waals surface area contributed by atoms with Gasteiger partial charge in [-0.3, -0.25) is 14.5 Å². The van der Waals surface area contributed by atoms with E-state index in [4.69, 9.17) is 10.6 Å². The fourth-order valence-electron chi connectivity index (χ4n) is 5.27. The highest BCUT2D eigenvalue weighted by Gasteiger charge is 2.54. The number of nitrogens with one attached hydrogen (secondary N) is 1. The molecule has 6 rings (SSSR count). The number of fused-ring (bicyclic) bond motifs is 2. The van der Waals surface area contributed by atoms with Crippen molar-refractivity contribution in [3.63, 3.8) is 0 Å². The Bertz CT molecular complexity index is 1900. The largest absolute Gasteiger partial charge is 0.504 e. The molecule has 14 nitrogen and oxygen atoms in total. The van der Waals surface area contributed by atoms with E-state index < -0.39 is 29.2 Å². The van der Waals surface area contributed by atoms with E-state index in [0.29, 0.717) is 23.4 Å². The number of oxime groups is 1. The number of rotatable bonds is 8. The van der Waals surface area contributed by atoms with E-state index in [1.807, 2.05) is 34.7 Å². The zero-order valence-corrected chi connectivity index (χ0v) is 24.9. The summed E-state index contributed by atoms with van der Waals surface area (Å²) in [5, 5.41) is 38.2. The van der Waals surface area contributed by atoms with Crippen molar-refractivity contribution in [3.8, 4) is 11.5 Å². The molecule has 2 aliphatic rings. The van der Waals surface area contributed by atoms with Gasteiger partial charge in [0.2, 0.25) is 6.20 Å². The van der Waals surface area contributed by atoms with Crippen LogP contribution in [0.25, 0.3) is 16.5 Å². The number of thioether (sulfide) groups is 1. The van der Waals surface area contributed by atoms with Gasteiger partial charge in [-0.25, -0.2) is 9.78 Å². The predicted molar refractivity (Wildman–Crippen MR) is 162 cm³/mol. The van der Waals surface area contributed by atoms with Crippen molar-refractivity contribution in [2.24, 2.45) is 12.2 Å². The number of nitrogen functional groups attached to an aromatic ring is 1. The second kappa shape index (κ2) is 11.2. The molecule has 6 N–H and O–H groups in total. The number of phenolic OH excluding ortho intramolecular Hbond substituents is 2. The van der Waals surface area contributed by atoms with E-state index in [0.717, 1.165) is 27.8 Å². The fraction of sp³-hybridized carbons (Fsp3) is 0.214. The number of thiazole rings is 1. The average molecular weight is 637 g/mol. The van der Waals surface area contributed by atoms with Gasteiger partial charge in [0, 0.05) is 22.8 Å². The summed E-state index contributed by atoms with van der Waals surface area (Å²) in [6, 6.07) is 9.37. The molecular formula is C28H26N7O7S2+. The number of carbonyl (C=O) groups is 3. The quantitative estimate of drug-likeness (QED) is 0.0616. The van der Waals surface area contributed by atoms with Crippen LogP contribution in [-0.4, -0.2) is 77.7 Å². The number of anilines is 1. The van der Waals surface area contributed by atoms with Crippen LogP contribution in [0, 0.1) is 0 Å². The maximum absolute atomic E-state index is 13.2. The van der Waals surface area contributed by atoms with Crippen LogP contribution in [0.2, 0.25) is 0 Å². The van der Waals surface area contributed by atoms with Crippen molar-refractivity contribution in [2.45, 2.75) is 18.0 Å². The lowest BCUT2D eigenvalue weighted by molar-refractivity contribution is -0.750. The number of aromatic nitrogens is 3. The van der Waals surface area contributed by atoms with Crippen molar-refractivity contribution in [1.29, 1.82) is 0 Å². The van der Waals surface area contributed by atoms with Gasteiger partial charge < -0.3 is 31.2 Å². The smallest absolute Gasteiger partial charge is 0.352 e. The summed E-state index contributed by atoms with van der Waals surface area (Å²) in [6.45, 7) is 0.444. The Labute approximate surface area is 257 Å². The summed E-state index contributed by atoms with van der Waals surface area (Å²) in [4.78, 5) is 48.7. The number of β-lactam (4-membered cyclic amide) rings is 1. The monoisotopic (exact) mass is 636 g/mol. The van der Waals surface area contributed by atoms with Crippen LogP contribution in [0.1, 0.15) is 16.8 Å². The number of aromatic hydroxyl groups is 2. The zero-order chi connectivity index (χ0) is 31.3. The van der Waals surface area contributed by atoms with Gasteiger partial charge >= 0.3 is 5.97 Å². The number of carboxylic acid groups (broad SMARTS) is 1. The Kier molecular flexibility index (Phi) is 7.38. The van der Waals surface area contributed by atoms with Gasteiger partial charge in [-0.05, 0) is 17.2 Å². The molecule has 0 saturated carbocycles. The summed E-state index contributed by atoms with van der Waals surface area (Å²) < 4.78 is 3.77. The molecule has 2 aliphatic heterocycles. The Hall–Kier alpha value is -5.09. The number of nitrogens with two attached hydrogens (primary N) is 1. The maximum atomic E-state index is 13.2. The minimum absolute atomic E-state index is 0.131. The number of carboxylic acids is 1. The third-order valence-corrected chi connectivity index (χ3v) is 9.32. The third-order valence-electron chi connectivity index (χ3n) is 7.36. The molecule has 226 valence electrons. The first-order valence-electron chi connectivity index (χ1n) is 13.1. The molecule has 4 heterocycles. The highest BCUT2D eigenvalue weighted by Crippen LogP contribution is 2.43. The first kappa shape index (κ1) is 29.0. The Balaban J connectivity index is 1.22. The number of benzene rings is 2. The molecule has 2 atom stereocenters. The summed E-state index contributed by atoms with van der Waals surface area (Å²) in [5.41, 5.74) is 8.36. The first-order valence-corrected chi connectivity index (χ1v) is 15.0. The van der Waals surface area contributed by atoms with E-state index in [-0.39, 0.29) is 33.7 Å². The van der Waals surface area contributed by atoms with E-state index in [9.17, 15) is 29.7 Å². The van der Waals surface area contributed by atoms with Crippen molar-refractivity contribution in [3.05, 3.63) is 70.5 Å². The van der Waals surface area contributed by atoms with E-state index in [2.05, 4.69) is 15.5 Å². The lowest BCUT2D eigenvalue weighted by Crippen LogP contribution is -2.71. The van der Waals surface area contributed by atoms with Crippen molar-refractivity contribution in [1.82, 2.24) is 19.9 Å². The van der Waals surface area contributed by atoms with Gasteiger partial charge in [0.1, 0.15) is 42.0 Å². The van der Waals surface area contributed by atoms with Crippen LogP contribution in [-0.2, 0) is 32.8 Å². The molecule has 2 amide bonds. The van der Waals surface area contributed by atoms with Gasteiger partial charge in [0.25, 0.3) is 11.8 Å². The van der Waals surface area contributed by atoms with Crippen LogP contribution in [0.15, 0.2) is 58.8 Å². The first-order chi connectivity index (χ1) is 21.1. The average Bonchev–Trinajstić information content (AvgIpc) is 3.56. The summed E-state index contributed by atoms with van der Waals surface area (Å²) >= 11 is 2.46. The lowest BCUT2D eigenvalue weighted by Gasteiger charge is -2.49. The molecule has 1 fully saturated rings. The fourth-order valence-corrected chi connectivity index (χ4v) is 7.20. The normalized spacial score (nSPS) is 18.3. The molecule has 44 heavy (non-hydrogen) atoms. The predicted octanol–water partition coefficient (Wildman–Crippen LogP) is 1.21. The number of carbonyl (C=O) groups excluding carboxylic acids is 2. The molecule has 0 spiro atoms. The Morgan fingerprint density at radius 2 is 1.95 bits per heavy atom. The summed E-state index contributed by atoms with van der Waals surface area (Å²) in [6.07, 6.45) is 1.84. The van der Waals surface area contributed by atoms with Crippen molar-refractivity contribution in [2.75, 3.05) is 18.6 Å². The van der Waals surface area contributed by atoms with Crippen LogP contribution < -0.4 is 15.7 Å². The second-order valence-corrected chi connectivity index (χ2v) is 12.0. The molecule has 0 bridgehead atoms. The summed E-state index contributed by atoms with van der Waals surface area (Å²) in [5.74, 6) is -2.63. The number of hydrogen-bond donors (Lipinski definition) is 5. The van der Waals surface area contributed by atoms with Gasteiger partial charge in [-0.1, -0.05) is 29.4 Å². The summed E-state index contributed by atoms with van der Waals surface area (Å²) in [7, 11) is 3.12. The van der Waals surface area contributed by atoms with Crippen LogP contribution in [0.5, 0.6) is 11.5 Å². The molecule has 16 heteroatoms. The van der Waals surface area contributed by atoms with Crippen molar-refractivity contribution < 1.29 is 39.2 Å². The highest BCUT2D eigenvalue weighted by atomic mass is 32.2. The molecule has 2 aromatic heterocycles. The molecular weight excluding hydrogens is 610 g/mol. The minimum Gasteiger partial charge on any atom is -0.504 e. The van der Waals surface area contributed by atoms with E-state index in [1.54, 1.807) is 12.1 Å². The van der Waals surface area contributed by atoms with Gasteiger partial charge in [0.05, 0.1) is 5.39 Å². The highest BCUT2D eigenvalue weighted by molar-refractivity contribution is 8.00. The number of aliphatic carboxylic acids is 1. The standard InChI is InChI=1S/C28H25N7O7S2/c1-33-10-15-7-19(36)20(37)8-18(15)34(33)9-13-3-5-14(6-4-13)16-11-43-26-22(25(39)35(26)23(16)27(40)41)31-24(38)21(32-42-2)17-12-44-28(29)30-17/h3-8,10,12,22,26H,9,11H2,1-2H3,(H5,29,30,31,36,38,40,41)/p+1/b32-21-/t22-,26-/m1/s1. The van der Waals surface area contributed by atoms with E-state index >= 15 is 0 Å². The van der Waals surface area contributed by atoms with Crippen molar-refractivity contribution >= 4 is 68.2 Å². The zero-order valence-electron chi connectivity index (χ0n) is 23.3. The topological polar surface area (TPSA) is 196 Å². The number of amides is 2. The van der Waals surface area contributed by atoms with Gasteiger partial charge in [-0.2, -0.15) is 0 Å². The van der Waals surface area contributed by atoms with Crippen LogP contribution in [0.4, 0.5) is 5.13 Å². The molecule has 1 saturated heterocycles. The molecule has 0 aliphatic carbocycles. The number of hydrogen-bond acceptors (Lipinski definition) is 11. The number of nitrogens with zero attached hydrogens (tertiary/aromatic N) is 5. The maximum Gasteiger partial charge on any atom is 0.352 e. The number of aryl methyl sites for hydroxylation is 1. The lowest BCUT2D eigenvalue weighted by atomic mass is 9.98. The molecule has 0 radical (unpaired) electrons. The third kappa shape index (κ3) is 4.97. The SMILES string of the molecule is CO/N=C(\C(=O)N[C@@H]1C(=O)N2C(C(=O)O)=C(c3ccc(Cn4c5cc(O)c(O)cc5c[n+]4C)cc3)CS[C@H]12)c1csc(N)n1. The van der Waals surface area contributed by atoms with E-state index in [1.165, 1.54) is 41.3 Å². The number of phenols is 2. The Morgan fingerprint density at radius 1 is 1.23 bits per heavy atom. The van der Waals surface area contributed by atoms with Gasteiger partial charge in [0.15, 0.2) is 29.4 Å². The van der Waals surface area contributed by atoms with Crippen LogP contribution in [0.3, 0.4) is 0 Å². The van der Waals surface area contributed by atoms with Crippen LogP contribution >= 0.6 is 23.1 Å². The molecule has 0 unspecified atom stereocenters. The minimum atomic E-state index is -1.25. The van der Waals surface area contributed by atoms with Gasteiger partial charge in [-0.15, -0.1) is 32.5 Å². The molecule has 4 aromatic rings. The Morgan fingerprint density at radius 3 is 2.61 bits per heavy atom. The molecule has 2 aromatic carbocycles.